The summed E-state index contributed by atoms with van der Waals surface area (Å²) in [6.45, 7) is 2.58. The average molecular weight is 293 g/mol. The number of hydrogen-bond acceptors (Lipinski definition) is 2. The van der Waals surface area contributed by atoms with Crippen molar-refractivity contribution >= 4 is 18.3 Å². The lowest BCUT2D eigenvalue weighted by molar-refractivity contribution is -0.131. The SMILES string of the molecule is CCN(Cc1c(F)cccc1F)C(=O)CCCN.Cl. The van der Waals surface area contributed by atoms with Crippen LogP contribution in [0.3, 0.4) is 0 Å². The van der Waals surface area contributed by atoms with Crippen molar-refractivity contribution in [1.29, 1.82) is 0 Å². The van der Waals surface area contributed by atoms with Crippen LogP contribution in [0.2, 0.25) is 0 Å². The molecule has 0 radical (unpaired) electrons. The van der Waals surface area contributed by atoms with E-state index in [1.165, 1.54) is 23.1 Å². The Balaban J connectivity index is 0.00000324. The maximum Gasteiger partial charge on any atom is 0.222 e. The van der Waals surface area contributed by atoms with Crippen LogP contribution in [0.1, 0.15) is 25.3 Å². The molecule has 0 bridgehead atoms. The first-order chi connectivity index (χ1) is 8.60. The zero-order valence-corrected chi connectivity index (χ0v) is 11.7. The van der Waals surface area contributed by atoms with Gasteiger partial charge in [-0.25, -0.2) is 8.78 Å². The van der Waals surface area contributed by atoms with Crippen molar-refractivity contribution in [1.82, 2.24) is 4.90 Å². The molecule has 0 heterocycles. The molecule has 19 heavy (non-hydrogen) atoms. The van der Waals surface area contributed by atoms with Gasteiger partial charge in [0.2, 0.25) is 5.91 Å². The van der Waals surface area contributed by atoms with Gasteiger partial charge in [0.15, 0.2) is 0 Å². The molecule has 3 nitrogen and oxygen atoms in total. The first-order valence-corrected chi connectivity index (χ1v) is 6.00. The third-order valence-electron chi connectivity index (χ3n) is 2.74. The van der Waals surface area contributed by atoms with E-state index in [9.17, 15) is 13.6 Å². The highest BCUT2D eigenvalue weighted by molar-refractivity contribution is 5.85. The Morgan fingerprint density at radius 1 is 1.32 bits per heavy atom. The van der Waals surface area contributed by atoms with Gasteiger partial charge in [0.25, 0.3) is 0 Å². The topological polar surface area (TPSA) is 46.3 Å². The monoisotopic (exact) mass is 292 g/mol. The second-order valence-corrected chi connectivity index (χ2v) is 4.00. The van der Waals surface area contributed by atoms with Crippen LogP contribution in [0.15, 0.2) is 18.2 Å². The minimum atomic E-state index is -0.625. The number of hydrogen-bond donors (Lipinski definition) is 1. The second-order valence-electron chi connectivity index (χ2n) is 4.00. The van der Waals surface area contributed by atoms with E-state index >= 15 is 0 Å². The smallest absolute Gasteiger partial charge is 0.222 e. The fourth-order valence-corrected chi connectivity index (χ4v) is 1.66. The molecule has 0 unspecified atom stereocenters. The Hall–Kier alpha value is -1.20. The molecule has 0 saturated heterocycles. The van der Waals surface area contributed by atoms with Crippen LogP contribution in [0, 0.1) is 11.6 Å². The van der Waals surface area contributed by atoms with Crippen LogP contribution in [0.25, 0.3) is 0 Å². The summed E-state index contributed by atoms with van der Waals surface area (Å²) in [6, 6.07) is 3.69. The molecule has 1 amide bonds. The Bertz CT molecular complexity index is 395. The highest BCUT2D eigenvalue weighted by Gasteiger charge is 2.16. The van der Waals surface area contributed by atoms with E-state index in [4.69, 9.17) is 5.73 Å². The number of benzene rings is 1. The summed E-state index contributed by atoms with van der Waals surface area (Å²) < 4.78 is 26.9. The standard InChI is InChI=1S/C13H18F2N2O.ClH/c1-2-17(13(18)7-4-8-16)9-10-11(14)5-3-6-12(10)15;/h3,5-6H,2,4,7-9,16H2,1H3;1H. The number of amides is 1. The molecule has 0 fully saturated rings. The van der Waals surface area contributed by atoms with E-state index in [-0.39, 0.29) is 30.4 Å². The van der Waals surface area contributed by atoms with E-state index in [0.29, 0.717) is 25.9 Å². The number of carbonyl (C=O) groups excluding carboxylic acids is 1. The van der Waals surface area contributed by atoms with E-state index in [0.717, 1.165) is 0 Å². The van der Waals surface area contributed by atoms with Crippen LogP contribution < -0.4 is 5.73 Å². The Morgan fingerprint density at radius 2 is 1.89 bits per heavy atom. The van der Waals surface area contributed by atoms with Gasteiger partial charge in [-0.3, -0.25) is 4.79 Å². The fraction of sp³-hybridized carbons (Fsp3) is 0.462. The van der Waals surface area contributed by atoms with Gasteiger partial charge in [-0.2, -0.15) is 0 Å². The van der Waals surface area contributed by atoms with Gasteiger partial charge in [0, 0.05) is 18.5 Å². The minimum Gasteiger partial charge on any atom is -0.338 e. The molecular weight excluding hydrogens is 274 g/mol. The normalized spacial score (nSPS) is 9.89. The highest BCUT2D eigenvalue weighted by Crippen LogP contribution is 2.15. The predicted molar refractivity (Wildman–Crippen MR) is 73.0 cm³/mol. The average Bonchev–Trinajstić information content (AvgIpc) is 2.35. The molecule has 1 rings (SSSR count). The maximum absolute atomic E-state index is 13.5. The zero-order chi connectivity index (χ0) is 13.5. The van der Waals surface area contributed by atoms with E-state index in [1.807, 2.05) is 0 Å². The molecule has 0 atom stereocenters. The first kappa shape index (κ1) is 17.8. The van der Waals surface area contributed by atoms with Gasteiger partial charge in [-0.1, -0.05) is 6.07 Å². The number of halogens is 3. The fourth-order valence-electron chi connectivity index (χ4n) is 1.66. The van der Waals surface area contributed by atoms with Gasteiger partial charge in [0.05, 0.1) is 6.54 Å². The van der Waals surface area contributed by atoms with Crippen molar-refractivity contribution in [3.05, 3.63) is 35.4 Å². The molecule has 0 saturated carbocycles. The molecular formula is C13H19ClF2N2O. The summed E-state index contributed by atoms with van der Waals surface area (Å²) in [6.07, 6.45) is 0.884. The van der Waals surface area contributed by atoms with Crippen LogP contribution >= 0.6 is 12.4 Å². The van der Waals surface area contributed by atoms with Gasteiger partial charge in [-0.05, 0) is 32.0 Å². The summed E-state index contributed by atoms with van der Waals surface area (Å²) >= 11 is 0. The minimum absolute atomic E-state index is 0. The van der Waals surface area contributed by atoms with Crippen LogP contribution in [0.5, 0.6) is 0 Å². The number of carbonyl (C=O) groups is 1. The molecule has 0 aliphatic heterocycles. The molecule has 0 aromatic heterocycles. The largest absolute Gasteiger partial charge is 0.338 e. The summed E-state index contributed by atoms with van der Waals surface area (Å²) in [5.41, 5.74) is 5.26. The van der Waals surface area contributed by atoms with Crippen molar-refractivity contribution in [2.45, 2.75) is 26.3 Å². The van der Waals surface area contributed by atoms with Crippen molar-refractivity contribution in [3.8, 4) is 0 Å². The van der Waals surface area contributed by atoms with Crippen LogP contribution in [0.4, 0.5) is 8.78 Å². The molecule has 1 aromatic rings. The van der Waals surface area contributed by atoms with Gasteiger partial charge >= 0.3 is 0 Å². The third kappa shape index (κ3) is 5.12. The third-order valence-corrected chi connectivity index (χ3v) is 2.74. The molecule has 6 heteroatoms. The molecule has 1 aromatic carbocycles. The summed E-state index contributed by atoms with van der Waals surface area (Å²) in [5.74, 6) is -1.38. The van der Waals surface area contributed by atoms with Crippen LogP contribution in [-0.4, -0.2) is 23.9 Å². The second kappa shape index (κ2) is 8.82. The Kier molecular flexibility index (Phi) is 8.27. The summed E-state index contributed by atoms with van der Waals surface area (Å²) in [7, 11) is 0. The lowest BCUT2D eigenvalue weighted by atomic mass is 10.1. The zero-order valence-electron chi connectivity index (χ0n) is 10.9. The van der Waals surface area contributed by atoms with Gasteiger partial charge in [0.1, 0.15) is 11.6 Å². The molecule has 0 spiro atoms. The number of rotatable bonds is 6. The van der Waals surface area contributed by atoms with E-state index in [2.05, 4.69) is 0 Å². The molecule has 0 aliphatic rings. The van der Waals surface area contributed by atoms with Gasteiger partial charge in [-0.15, -0.1) is 12.4 Å². The van der Waals surface area contributed by atoms with Crippen molar-refractivity contribution < 1.29 is 13.6 Å². The highest BCUT2D eigenvalue weighted by atomic mass is 35.5. The lowest BCUT2D eigenvalue weighted by Crippen LogP contribution is -2.31. The summed E-state index contributed by atoms with van der Waals surface area (Å²) in [4.78, 5) is 13.2. The lowest BCUT2D eigenvalue weighted by Gasteiger charge is -2.21. The number of nitrogens with two attached hydrogens (primary N) is 1. The van der Waals surface area contributed by atoms with Crippen molar-refractivity contribution in [2.75, 3.05) is 13.1 Å². The van der Waals surface area contributed by atoms with E-state index < -0.39 is 11.6 Å². The van der Waals surface area contributed by atoms with Crippen LogP contribution in [-0.2, 0) is 11.3 Å². The molecule has 108 valence electrons. The first-order valence-electron chi connectivity index (χ1n) is 6.00. The Morgan fingerprint density at radius 3 is 2.37 bits per heavy atom. The quantitative estimate of drug-likeness (QED) is 0.875. The Labute approximate surface area is 118 Å². The summed E-state index contributed by atoms with van der Waals surface area (Å²) in [5, 5.41) is 0. The molecule has 0 aliphatic carbocycles. The van der Waals surface area contributed by atoms with Crippen molar-refractivity contribution in [3.63, 3.8) is 0 Å². The van der Waals surface area contributed by atoms with Gasteiger partial charge < -0.3 is 10.6 Å². The number of nitrogens with zero attached hydrogens (tertiary/aromatic N) is 1. The van der Waals surface area contributed by atoms with Crippen molar-refractivity contribution in [2.24, 2.45) is 5.73 Å². The molecule has 2 N–H and O–H groups in total. The maximum atomic E-state index is 13.5. The van der Waals surface area contributed by atoms with E-state index in [1.54, 1.807) is 6.92 Å². The predicted octanol–water partition coefficient (Wildman–Crippen LogP) is 2.47.